The number of hydrogen-bond acceptors (Lipinski definition) is 5. The fraction of sp³-hybridized carbons (Fsp3) is 0.241. The first-order chi connectivity index (χ1) is 17.5. The highest BCUT2D eigenvalue weighted by atomic mass is 16.5. The largest absolute Gasteiger partial charge is 0.493 e. The lowest BCUT2D eigenvalue weighted by Crippen LogP contribution is -2.37. The molecule has 1 aliphatic heterocycles. The lowest BCUT2D eigenvalue weighted by Gasteiger charge is -2.23. The Morgan fingerprint density at radius 2 is 1.67 bits per heavy atom. The molecular weight excluding hydrogens is 458 g/mol. The van der Waals surface area contributed by atoms with Crippen LogP contribution in [0, 0.1) is 0 Å². The number of methoxy groups -OCH3 is 2. The number of rotatable bonds is 8. The van der Waals surface area contributed by atoms with E-state index in [1.807, 2.05) is 66.7 Å². The molecular formula is C29H27NO6. The van der Waals surface area contributed by atoms with Crippen molar-refractivity contribution >= 4 is 33.4 Å². The maximum Gasteiger partial charge on any atom is 0.326 e. The van der Waals surface area contributed by atoms with Gasteiger partial charge in [-0.25, -0.2) is 4.79 Å². The van der Waals surface area contributed by atoms with Crippen molar-refractivity contribution in [2.75, 3.05) is 14.2 Å². The van der Waals surface area contributed by atoms with Crippen molar-refractivity contribution < 1.29 is 28.9 Å². The van der Waals surface area contributed by atoms with Crippen LogP contribution in [-0.2, 0) is 22.7 Å². The molecule has 36 heavy (non-hydrogen) atoms. The number of carboxylic acid groups (broad SMARTS) is 1. The van der Waals surface area contributed by atoms with Gasteiger partial charge in [0, 0.05) is 13.0 Å². The fourth-order valence-electron chi connectivity index (χ4n) is 4.86. The summed E-state index contributed by atoms with van der Waals surface area (Å²) >= 11 is 0. The molecule has 0 aromatic heterocycles. The van der Waals surface area contributed by atoms with E-state index in [9.17, 15) is 14.7 Å². The van der Waals surface area contributed by atoms with E-state index in [2.05, 4.69) is 0 Å². The number of fused-ring (bicyclic) bond motifs is 3. The van der Waals surface area contributed by atoms with Crippen molar-refractivity contribution in [3.8, 4) is 17.2 Å². The number of carbonyl (C=O) groups is 2. The molecule has 1 aliphatic rings. The van der Waals surface area contributed by atoms with Gasteiger partial charge >= 0.3 is 5.97 Å². The lowest BCUT2D eigenvalue weighted by atomic mass is 9.96. The molecule has 5 rings (SSSR count). The number of ether oxygens (including phenoxy) is 3. The van der Waals surface area contributed by atoms with Gasteiger partial charge in [-0.3, -0.25) is 4.79 Å². The molecule has 184 valence electrons. The quantitative estimate of drug-likeness (QED) is 0.347. The Kier molecular flexibility index (Phi) is 6.38. The normalized spacial score (nSPS) is 15.4. The SMILES string of the molecule is COc1cc2c(CN3C(=O)CC[C@H]3C(=O)O)cc3ccc(OCc4ccccc4)cc3c2cc1OC. The number of nitrogens with zero attached hydrogens (tertiary/aromatic N) is 1. The minimum Gasteiger partial charge on any atom is -0.493 e. The zero-order valence-electron chi connectivity index (χ0n) is 20.2. The molecule has 7 heteroatoms. The summed E-state index contributed by atoms with van der Waals surface area (Å²) in [4.78, 5) is 25.8. The molecule has 4 aromatic rings. The second kappa shape index (κ2) is 9.77. The third kappa shape index (κ3) is 4.40. The van der Waals surface area contributed by atoms with Crippen LogP contribution in [0.3, 0.4) is 0 Å². The minimum absolute atomic E-state index is 0.152. The Bertz CT molecular complexity index is 1450. The van der Waals surface area contributed by atoms with Gasteiger partial charge in [0.05, 0.1) is 14.2 Å². The summed E-state index contributed by atoms with van der Waals surface area (Å²) in [6.07, 6.45) is 0.556. The number of hydrogen-bond donors (Lipinski definition) is 1. The maximum atomic E-state index is 12.6. The zero-order valence-corrected chi connectivity index (χ0v) is 20.2. The highest BCUT2D eigenvalue weighted by Gasteiger charge is 2.36. The van der Waals surface area contributed by atoms with E-state index in [1.54, 1.807) is 14.2 Å². The van der Waals surface area contributed by atoms with E-state index in [-0.39, 0.29) is 18.9 Å². The molecule has 1 amide bonds. The van der Waals surface area contributed by atoms with Crippen LogP contribution < -0.4 is 14.2 Å². The fourth-order valence-corrected chi connectivity index (χ4v) is 4.86. The van der Waals surface area contributed by atoms with Crippen LogP contribution >= 0.6 is 0 Å². The van der Waals surface area contributed by atoms with E-state index in [4.69, 9.17) is 14.2 Å². The summed E-state index contributed by atoms with van der Waals surface area (Å²) in [7, 11) is 3.16. The monoisotopic (exact) mass is 485 g/mol. The molecule has 0 aliphatic carbocycles. The van der Waals surface area contributed by atoms with Gasteiger partial charge in [-0.15, -0.1) is 0 Å². The number of carbonyl (C=O) groups excluding carboxylic acids is 1. The first-order valence-electron chi connectivity index (χ1n) is 11.8. The third-order valence-corrected chi connectivity index (χ3v) is 6.72. The molecule has 4 aromatic carbocycles. The third-order valence-electron chi connectivity index (χ3n) is 6.72. The second-order valence-electron chi connectivity index (χ2n) is 8.86. The van der Waals surface area contributed by atoms with Crippen LogP contribution in [0.15, 0.2) is 66.7 Å². The van der Waals surface area contributed by atoms with Crippen molar-refractivity contribution in [1.29, 1.82) is 0 Å². The molecule has 1 atom stereocenters. The predicted molar refractivity (Wildman–Crippen MR) is 137 cm³/mol. The summed E-state index contributed by atoms with van der Waals surface area (Å²) < 4.78 is 17.2. The Morgan fingerprint density at radius 1 is 0.944 bits per heavy atom. The molecule has 0 spiro atoms. The summed E-state index contributed by atoms with van der Waals surface area (Å²) in [5.41, 5.74) is 1.92. The summed E-state index contributed by atoms with van der Waals surface area (Å²) in [5, 5.41) is 13.3. The van der Waals surface area contributed by atoms with Crippen LogP contribution in [-0.4, -0.2) is 42.1 Å². The Balaban J connectivity index is 1.61. The molecule has 1 fully saturated rings. The van der Waals surface area contributed by atoms with Crippen molar-refractivity contribution in [3.05, 3.63) is 77.9 Å². The van der Waals surface area contributed by atoms with Gasteiger partial charge in [-0.2, -0.15) is 0 Å². The lowest BCUT2D eigenvalue weighted by molar-refractivity contribution is -0.146. The van der Waals surface area contributed by atoms with Gasteiger partial charge < -0.3 is 24.2 Å². The topological polar surface area (TPSA) is 85.3 Å². The van der Waals surface area contributed by atoms with E-state index < -0.39 is 12.0 Å². The van der Waals surface area contributed by atoms with Crippen LogP contribution in [0.2, 0.25) is 0 Å². The smallest absolute Gasteiger partial charge is 0.326 e. The molecule has 0 radical (unpaired) electrons. The van der Waals surface area contributed by atoms with Crippen molar-refractivity contribution in [2.24, 2.45) is 0 Å². The van der Waals surface area contributed by atoms with Crippen LogP contribution in [0.25, 0.3) is 21.5 Å². The van der Waals surface area contributed by atoms with Crippen molar-refractivity contribution in [3.63, 3.8) is 0 Å². The predicted octanol–water partition coefficient (Wildman–Crippen LogP) is 5.16. The summed E-state index contributed by atoms with van der Waals surface area (Å²) in [6, 6.07) is 20.9. The molecule has 7 nitrogen and oxygen atoms in total. The van der Waals surface area contributed by atoms with Crippen LogP contribution in [0.4, 0.5) is 0 Å². The van der Waals surface area contributed by atoms with Gasteiger partial charge in [0.25, 0.3) is 0 Å². The summed E-state index contributed by atoms with van der Waals surface area (Å²) in [6.45, 7) is 0.650. The Hall–Kier alpha value is -4.26. The molecule has 1 heterocycles. The van der Waals surface area contributed by atoms with Gasteiger partial charge in [0.1, 0.15) is 18.4 Å². The molecule has 1 saturated heterocycles. The highest BCUT2D eigenvalue weighted by molar-refractivity contribution is 6.10. The van der Waals surface area contributed by atoms with E-state index in [1.165, 1.54) is 4.90 Å². The van der Waals surface area contributed by atoms with Gasteiger partial charge in [-0.05, 0) is 69.4 Å². The average Bonchev–Trinajstić information content (AvgIpc) is 3.27. The first kappa shape index (κ1) is 23.5. The molecule has 0 unspecified atom stereocenters. The van der Waals surface area contributed by atoms with E-state index in [0.717, 1.165) is 38.4 Å². The second-order valence-corrected chi connectivity index (χ2v) is 8.86. The highest BCUT2D eigenvalue weighted by Crippen LogP contribution is 2.39. The van der Waals surface area contributed by atoms with Crippen LogP contribution in [0.1, 0.15) is 24.0 Å². The Morgan fingerprint density at radius 3 is 2.36 bits per heavy atom. The van der Waals surface area contributed by atoms with Gasteiger partial charge in [-0.1, -0.05) is 36.4 Å². The Labute approximate surface area is 208 Å². The first-order valence-corrected chi connectivity index (χ1v) is 11.8. The molecule has 0 saturated carbocycles. The van der Waals surface area contributed by atoms with Crippen LogP contribution in [0.5, 0.6) is 17.2 Å². The number of benzene rings is 4. The number of carboxylic acids is 1. The number of amides is 1. The standard InChI is InChI=1S/C29H27NO6/c1-34-26-14-23-20(16-30-25(29(32)33)10-11-28(30)31)12-19-8-9-21(36-17-18-6-4-3-5-7-18)13-22(19)24(23)15-27(26)35-2/h3-9,12-15,25H,10-11,16-17H2,1-2H3,(H,32,33)/t25-/m0/s1. The molecule has 0 bridgehead atoms. The average molecular weight is 486 g/mol. The van der Waals surface area contributed by atoms with E-state index >= 15 is 0 Å². The number of likely N-dealkylation sites (tertiary alicyclic amines) is 1. The number of aliphatic carboxylic acids is 1. The van der Waals surface area contributed by atoms with Crippen molar-refractivity contribution in [2.45, 2.75) is 32.0 Å². The summed E-state index contributed by atoms with van der Waals surface area (Å²) in [5.74, 6) is 0.742. The van der Waals surface area contributed by atoms with Crippen molar-refractivity contribution in [1.82, 2.24) is 4.90 Å². The minimum atomic E-state index is -0.981. The zero-order chi connectivity index (χ0) is 25.2. The molecule has 1 N–H and O–H groups in total. The van der Waals surface area contributed by atoms with Gasteiger partial charge in [0.2, 0.25) is 5.91 Å². The van der Waals surface area contributed by atoms with E-state index in [0.29, 0.717) is 24.5 Å². The maximum absolute atomic E-state index is 12.6. The van der Waals surface area contributed by atoms with Gasteiger partial charge in [0.15, 0.2) is 11.5 Å².